The van der Waals surface area contributed by atoms with Gasteiger partial charge in [-0.05, 0) is 61.0 Å². The molecule has 0 spiro atoms. The molecule has 5 aromatic rings. The number of furan rings is 1. The number of carbonyl (C=O) groups excluding carboxylic acids is 1. The Balaban J connectivity index is 1.68. The van der Waals surface area contributed by atoms with Crippen LogP contribution in [-0.4, -0.2) is 15.3 Å². The summed E-state index contributed by atoms with van der Waals surface area (Å²) in [4.78, 5) is 17.9. The molecular formula is C26H18Cl2N2O2. The first kappa shape index (κ1) is 20.6. The Morgan fingerprint density at radius 1 is 0.938 bits per heavy atom. The third-order valence-corrected chi connectivity index (χ3v) is 5.95. The second-order valence-corrected chi connectivity index (χ2v) is 8.41. The van der Waals surface area contributed by atoms with Crippen molar-refractivity contribution in [2.45, 2.75) is 13.5 Å². The highest BCUT2D eigenvalue weighted by atomic mass is 35.5. The summed E-state index contributed by atoms with van der Waals surface area (Å²) < 4.78 is 7.88. The van der Waals surface area contributed by atoms with E-state index in [9.17, 15) is 4.79 Å². The number of carbonyl (C=O) groups is 1. The second-order valence-electron chi connectivity index (χ2n) is 7.57. The zero-order valence-electron chi connectivity index (χ0n) is 17.2. The van der Waals surface area contributed by atoms with Gasteiger partial charge in [-0.25, -0.2) is 4.98 Å². The van der Waals surface area contributed by atoms with E-state index >= 15 is 0 Å². The molecule has 0 radical (unpaired) electrons. The second kappa shape index (κ2) is 8.30. The zero-order chi connectivity index (χ0) is 22.2. The van der Waals surface area contributed by atoms with Gasteiger partial charge in [0.25, 0.3) is 0 Å². The van der Waals surface area contributed by atoms with Gasteiger partial charge in [-0.1, -0.05) is 53.5 Å². The molecule has 6 heteroatoms. The summed E-state index contributed by atoms with van der Waals surface area (Å²) in [5, 5.41) is 1.21. The number of aromatic nitrogens is 2. The summed E-state index contributed by atoms with van der Waals surface area (Å²) in [6, 6.07) is 23.9. The van der Waals surface area contributed by atoms with Crippen molar-refractivity contribution >= 4 is 40.0 Å². The molecule has 0 N–H and O–H groups in total. The number of nitrogens with zero attached hydrogens (tertiary/aromatic N) is 2. The molecule has 2 heterocycles. The largest absolute Gasteiger partial charge is 0.458 e. The molecule has 0 fully saturated rings. The van der Waals surface area contributed by atoms with E-state index in [1.807, 2.05) is 72.2 Å². The Morgan fingerprint density at radius 2 is 1.75 bits per heavy atom. The third-order valence-electron chi connectivity index (χ3n) is 5.34. The summed E-state index contributed by atoms with van der Waals surface area (Å²) in [7, 11) is 0. The number of rotatable bonds is 5. The molecule has 32 heavy (non-hydrogen) atoms. The van der Waals surface area contributed by atoms with Crippen molar-refractivity contribution in [2.75, 3.05) is 0 Å². The van der Waals surface area contributed by atoms with Gasteiger partial charge < -0.3 is 8.98 Å². The molecule has 0 aliphatic rings. The van der Waals surface area contributed by atoms with Crippen LogP contribution in [-0.2, 0) is 6.54 Å². The van der Waals surface area contributed by atoms with E-state index in [4.69, 9.17) is 32.6 Å². The van der Waals surface area contributed by atoms with Gasteiger partial charge in [0.05, 0.1) is 17.6 Å². The SMILES string of the molecule is Cc1ccc(-c2nc3ccc(C(=O)c4ccccc4)cc3n2Cc2cc(Cl)ccc2Cl)o1. The maximum Gasteiger partial charge on any atom is 0.193 e. The molecule has 0 amide bonds. The molecule has 0 aliphatic carbocycles. The number of hydrogen-bond donors (Lipinski definition) is 0. The Bertz CT molecular complexity index is 1450. The summed E-state index contributed by atoms with van der Waals surface area (Å²) in [5.74, 6) is 2.05. The van der Waals surface area contributed by atoms with E-state index in [2.05, 4.69) is 0 Å². The summed E-state index contributed by atoms with van der Waals surface area (Å²) in [5.41, 5.74) is 3.65. The quantitative estimate of drug-likeness (QED) is 0.260. The molecule has 0 saturated heterocycles. The number of benzene rings is 3. The van der Waals surface area contributed by atoms with Crippen molar-refractivity contribution in [2.24, 2.45) is 0 Å². The Labute approximate surface area is 195 Å². The van der Waals surface area contributed by atoms with Crippen LogP contribution in [0.3, 0.4) is 0 Å². The third kappa shape index (κ3) is 3.83. The van der Waals surface area contributed by atoms with Crippen LogP contribution in [0, 0.1) is 6.92 Å². The standard InChI is InChI=1S/C26H18Cl2N2O2/c1-16-7-12-24(32-16)26-29-22-11-8-18(25(31)17-5-3-2-4-6-17)14-23(22)30(26)15-19-13-20(27)9-10-21(19)28/h2-14H,15H2,1H3. The van der Waals surface area contributed by atoms with Crippen molar-refractivity contribution in [3.63, 3.8) is 0 Å². The van der Waals surface area contributed by atoms with E-state index in [0.29, 0.717) is 39.3 Å². The minimum atomic E-state index is -0.0450. The molecule has 158 valence electrons. The van der Waals surface area contributed by atoms with Gasteiger partial charge >= 0.3 is 0 Å². The van der Waals surface area contributed by atoms with Crippen LogP contribution in [0.15, 0.2) is 83.3 Å². The van der Waals surface area contributed by atoms with Crippen LogP contribution in [0.4, 0.5) is 0 Å². The van der Waals surface area contributed by atoms with Crippen molar-refractivity contribution in [1.82, 2.24) is 9.55 Å². The van der Waals surface area contributed by atoms with Crippen LogP contribution in [0.25, 0.3) is 22.6 Å². The van der Waals surface area contributed by atoms with Gasteiger partial charge in [0, 0.05) is 21.2 Å². The molecule has 3 aromatic carbocycles. The molecule has 4 nitrogen and oxygen atoms in total. The van der Waals surface area contributed by atoms with Crippen molar-refractivity contribution in [3.05, 3.63) is 111 Å². The first-order valence-corrected chi connectivity index (χ1v) is 10.9. The maximum atomic E-state index is 13.1. The molecule has 0 aliphatic heterocycles. The minimum Gasteiger partial charge on any atom is -0.458 e. The summed E-state index contributed by atoms with van der Waals surface area (Å²) in [6.07, 6.45) is 0. The molecule has 0 bridgehead atoms. The van der Waals surface area contributed by atoms with Gasteiger partial charge in [0.15, 0.2) is 17.4 Å². The van der Waals surface area contributed by atoms with E-state index < -0.39 is 0 Å². The normalized spacial score (nSPS) is 11.2. The molecule has 0 atom stereocenters. The number of ketones is 1. The highest BCUT2D eigenvalue weighted by molar-refractivity contribution is 6.33. The van der Waals surface area contributed by atoms with E-state index in [0.717, 1.165) is 22.4 Å². The molecule has 2 aromatic heterocycles. The van der Waals surface area contributed by atoms with Gasteiger partial charge in [-0.2, -0.15) is 0 Å². The van der Waals surface area contributed by atoms with Crippen LogP contribution in [0.1, 0.15) is 27.2 Å². The first-order chi connectivity index (χ1) is 15.5. The van der Waals surface area contributed by atoms with Crippen LogP contribution >= 0.6 is 23.2 Å². The predicted octanol–water partition coefficient (Wildman–Crippen LogP) is 7.19. The maximum absolute atomic E-state index is 13.1. The lowest BCUT2D eigenvalue weighted by Crippen LogP contribution is -2.04. The first-order valence-electron chi connectivity index (χ1n) is 10.1. The lowest BCUT2D eigenvalue weighted by atomic mass is 10.0. The monoisotopic (exact) mass is 460 g/mol. The van der Waals surface area contributed by atoms with Crippen molar-refractivity contribution in [1.29, 1.82) is 0 Å². The highest BCUT2D eigenvalue weighted by Crippen LogP contribution is 2.30. The number of imidazole rings is 1. The minimum absolute atomic E-state index is 0.0450. The molecular weight excluding hydrogens is 443 g/mol. The fraction of sp³-hybridized carbons (Fsp3) is 0.0769. The fourth-order valence-electron chi connectivity index (χ4n) is 3.76. The van der Waals surface area contributed by atoms with Gasteiger partial charge in [-0.15, -0.1) is 0 Å². The smallest absolute Gasteiger partial charge is 0.193 e. The lowest BCUT2D eigenvalue weighted by molar-refractivity contribution is 0.103. The van der Waals surface area contributed by atoms with Crippen LogP contribution in [0.5, 0.6) is 0 Å². The lowest BCUT2D eigenvalue weighted by Gasteiger charge is -2.11. The average molecular weight is 461 g/mol. The topological polar surface area (TPSA) is 48.0 Å². The number of fused-ring (bicyclic) bond motifs is 1. The fourth-order valence-corrected chi connectivity index (χ4v) is 4.13. The van der Waals surface area contributed by atoms with Crippen LogP contribution < -0.4 is 0 Å². The summed E-state index contributed by atoms with van der Waals surface area (Å²) >= 11 is 12.7. The van der Waals surface area contributed by atoms with Crippen LogP contribution in [0.2, 0.25) is 10.0 Å². The van der Waals surface area contributed by atoms with E-state index in [1.165, 1.54) is 0 Å². The Hall–Kier alpha value is -3.34. The van der Waals surface area contributed by atoms with E-state index in [1.54, 1.807) is 18.2 Å². The average Bonchev–Trinajstić information content (AvgIpc) is 3.39. The van der Waals surface area contributed by atoms with Gasteiger partial charge in [0.2, 0.25) is 0 Å². The highest BCUT2D eigenvalue weighted by Gasteiger charge is 2.19. The van der Waals surface area contributed by atoms with Gasteiger partial charge in [0.1, 0.15) is 5.76 Å². The predicted molar refractivity (Wildman–Crippen MR) is 128 cm³/mol. The molecule has 0 saturated carbocycles. The summed E-state index contributed by atoms with van der Waals surface area (Å²) in [6.45, 7) is 2.31. The van der Waals surface area contributed by atoms with Gasteiger partial charge in [-0.3, -0.25) is 4.79 Å². The Morgan fingerprint density at radius 3 is 2.50 bits per heavy atom. The zero-order valence-corrected chi connectivity index (χ0v) is 18.7. The van der Waals surface area contributed by atoms with Crippen molar-refractivity contribution in [3.8, 4) is 11.6 Å². The number of hydrogen-bond acceptors (Lipinski definition) is 3. The number of aryl methyl sites for hydroxylation is 1. The molecule has 0 unspecified atom stereocenters. The van der Waals surface area contributed by atoms with Crippen molar-refractivity contribution < 1.29 is 9.21 Å². The molecule has 5 rings (SSSR count). The van der Waals surface area contributed by atoms with E-state index in [-0.39, 0.29) is 5.78 Å². The number of halogens is 2. The Kier molecular flexibility index (Phi) is 5.33.